The molecule has 0 saturated carbocycles. The molecule has 0 unspecified atom stereocenters. The zero-order chi connectivity index (χ0) is 16.6. The molecule has 0 radical (unpaired) electrons. The highest BCUT2D eigenvalue weighted by molar-refractivity contribution is 7.99. The molecule has 0 aliphatic heterocycles. The first-order chi connectivity index (χ1) is 11.9. The molecule has 3 rings (SSSR count). The van der Waals surface area contributed by atoms with Gasteiger partial charge in [-0.25, -0.2) is 0 Å². The fourth-order valence-corrected chi connectivity index (χ4v) is 3.01. The Morgan fingerprint density at radius 3 is 2.50 bits per heavy atom. The lowest BCUT2D eigenvalue weighted by molar-refractivity contribution is 0.318. The molecule has 0 fully saturated rings. The predicted molar refractivity (Wildman–Crippen MR) is 95.2 cm³/mol. The third-order valence-electron chi connectivity index (χ3n) is 3.40. The third-order valence-corrected chi connectivity index (χ3v) is 4.43. The molecule has 0 amide bonds. The van der Waals surface area contributed by atoms with Gasteiger partial charge in [-0.1, -0.05) is 30.0 Å². The first-order valence-corrected chi connectivity index (χ1v) is 8.70. The minimum Gasteiger partial charge on any atom is -0.497 e. The van der Waals surface area contributed by atoms with Gasteiger partial charge in [0.15, 0.2) is 5.16 Å². The Kier molecular flexibility index (Phi) is 5.74. The van der Waals surface area contributed by atoms with E-state index in [9.17, 15) is 0 Å². The van der Waals surface area contributed by atoms with Crippen molar-refractivity contribution < 1.29 is 9.47 Å². The lowest BCUT2D eigenvalue weighted by atomic mass is 10.3. The Labute approximate surface area is 145 Å². The minimum atomic E-state index is 0.665. The minimum absolute atomic E-state index is 0.665. The SMILES string of the molecule is COc1ccc(OCCCSc2nncn2-c2ccccc2)cc1. The van der Waals surface area contributed by atoms with Crippen molar-refractivity contribution >= 4 is 11.8 Å². The highest BCUT2D eigenvalue weighted by atomic mass is 32.2. The van der Waals surface area contributed by atoms with Gasteiger partial charge in [0.1, 0.15) is 17.8 Å². The number of para-hydroxylation sites is 1. The summed E-state index contributed by atoms with van der Waals surface area (Å²) < 4.78 is 12.9. The van der Waals surface area contributed by atoms with Gasteiger partial charge in [-0.2, -0.15) is 0 Å². The van der Waals surface area contributed by atoms with E-state index in [1.165, 1.54) is 0 Å². The Balaban J connectivity index is 1.45. The van der Waals surface area contributed by atoms with E-state index >= 15 is 0 Å². The van der Waals surface area contributed by atoms with Gasteiger partial charge in [-0.05, 0) is 42.8 Å². The number of methoxy groups -OCH3 is 1. The van der Waals surface area contributed by atoms with E-state index in [4.69, 9.17) is 9.47 Å². The van der Waals surface area contributed by atoms with Crippen molar-refractivity contribution in [1.29, 1.82) is 0 Å². The maximum absolute atomic E-state index is 5.73. The predicted octanol–water partition coefficient (Wildman–Crippen LogP) is 3.84. The second-order valence-corrected chi connectivity index (χ2v) is 6.11. The lowest BCUT2D eigenvalue weighted by Gasteiger charge is -2.08. The molecule has 0 spiro atoms. The summed E-state index contributed by atoms with van der Waals surface area (Å²) in [5, 5.41) is 9.09. The molecule has 0 atom stereocenters. The summed E-state index contributed by atoms with van der Waals surface area (Å²) in [6.45, 7) is 0.665. The maximum Gasteiger partial charge on any atom is 0.195 e. The molecule has 124 valence electrons. The van der Waals surface area contributed by atoms with Gasteiger partial charge in [0.05, 0.1) is 13.7 Å². The Morgan fingerprint density at radius 1 is 1.00 bits per heavy atom. The quantitative estimate of drug-likeness (QED) is 0.460. The van der Waals surface area contributed by atoms with Crippen LogP contribution in [-0.4, -0.2) is 34.2 Å². The third kappa shape index (κ3) is 4.29. The first kappa shape index (κ1) is 16.4. The second kappa shape index (κ2) is 8.40. The van der Waals surface area contributed by atoms with Gasteiger partial charge in [0.2, 0.25) is 0 Å². The standard InChI is InChI=1S/C18H19N3O2S/c1-22-16-8-10-17(11-9-16)23-12-5-13-24-18-20-19-14-21(18)15-6-3-2-4-7-15/h2-4,6-11,14H,5,12-13H2,1H3. The number of ether oxygens (including phenoxy) is 2. The zero-order valence-corrected chi connectivity index (χ0v) is 14.3. The van der Waals surface area contributed by atoms with Gasteiger partial charge in [0, 0.05) is 11.4 Å². The molecule has 0 saturated heterocycles. The molecule has 5 nitrogen and oxygen atoms in total. The van der Waals surface area contributed by atoms with E-state index in [1.54, 1.807) is 25.2 Å². The fraction of sp³-hybridized carbons (Fsp3) is 0.222. The van der Waals surface area contributed by atoms with Crippen LogP contribution in [0.4, 0.5) is 0 Å². The van der Waals surface area contributed by atoms with Crippen molar-refractivity contribution in [3.63, 3.8) is 0 Å². The van der Waals surface area contributed by atoms with Crippen LogP contribution < -0.4 is 9.47 Å². The van der Waals surface area contributed by atoms with E-state index in [2.05, 4.69) is 10.2 Å². The van der Waals surface area contributed by atoms with Crippen molar-refractivity contribution in [2.45, 2.75) is 11.6 Å². The van der Waals surface area contributed by atoms with Crippen molar-refractivity contribution in [1.82, 2.24) is 14.8 Å². The maximum atomic E-state index is 5.73. The van der Waals surface area contributed by atoms with Gasteiger partial charge in [-0.3, -0.25) is 4.57 Å². The largest absolute Gasteiger partial charge is 0.497 e. The van der Waals surface area contributed by atoms with Crippen LogP contribution in [0.15, 0.2) is 66.1 Å². The molecule has 6 heteroatoms. The smallest absolute Gasteiger partial charge is 0.195 e. The highest BCUT2D eigenvalue weighted by Gasteiger charge is 2.06. The summed E-state index contributed by atoms with van der Waals surface area (Å²) in [5.41, 5.74) is 1.07. The van der Waals surface area contributed by atoms with Crippen molar-refractivity contribution in [3.05, 3.63) is 60.9 Å². The summed E-state index contributed by atoms with van der Waals surface area (Å²) in [7, 11) is 1.65. The number of hydrogen-bond acceptors (Lipinski definition) is 5. The summed E-state index contributed by atoms with van der Waals surface area (Å²) in [4.78, 5) is 0. The summed E-state index contributed by atoms with van der Waals surface area (Å²) in [6.07, 6.45) is 2.67. The molecule has 1 aromatic heterocycles. The average molecular weight is 341 g/mol. The summed E-state index contributed by atoms with van der Waals surface area (Å²) in [5.74, 6) is 2.60. The molecular formula is C18H19N3O2S. The van der Waals surface area contributed by atoms with Crippen LogP contribution in [0.2, 0.25) is 0 Å². The van der Waals surface area contributed by atoms with Crippen molar-refractivity contribution in [3.8, 4) is 17.2 Å². The van der Waals surface area contributed by atoms with Crippen LogP contribution in [0, 0.1) is 0 Å². The molecule has 2 aromatic carbocycles. The van der Waals surface area contributed by atoms with Gasteiger partial charge >= 0.3 is 0 Å². The second-order valence-electron chi connectivity index (χ2n) is 5.05. The van der Waals surface area contributed by atoms with E-state index in [-0.39, 0.29) is 0 Å². The van der Waals surface area contributed by atoms with E-state index < -0.39 is 0 Å². The number of aromatic nitrogens is 3. The normalized spacial score (nSPS) is 10.5. The van der Waals surface area contributed by atoms with Crippen LogP contribution >= 0.6 is 11.8 Å². The Bertz CT molecular complexity index is 744. The van der Waals surface area contributed by atoms with Crippen LogP contribution in [0.1, 0.15) is 6.42 Å². The molecule has 0 bridgehead atoms. The number of thioether (sulfide) groups is 1. The van der Waals surface area contributed by atoms with Gasteiger partial charge < -0.3 is 9.47 Å². The van der Waals surface area contributed by atoms with E-state index in [0.717, 1.165) is 34.5 Å². The molecule has 24 heavy (non-hydrogen) atoms. The molecule has 0 aliphatic rings. The average Bonchev–Trinajstić information content (AvgIpc) is 3.11. The Morgan fingerprint density at radius 2 is 1.75 bits per heavy atom. The molecule has 1 heterocycles. The monoisotopic (exact) mass is 341 g/mol. The summed E-state index contributed by atoms with van der Waals surface area (Å²) >= 11 is 1.68. The molecule has 0 N–H and O–H groups in total. The highest BCUT2D eigenvalue weighted by Crippen LogP contribution is 2.21. The van der Waals surface area contributed by atoms with E-state index in [1.807, 2.05) is 59.2 Å². The van der Waals surface area contributed by atoms with Crippen LogP contribution in [0.3, 0.4) is 0 Å². The number of hydrogen-bond donors (Lipinski definition) is 0. The number of nitrogens with zero attached hydrogens (tertiary/aromatic N) is 3. The fourth-order valence-electron chi connectivity index (χ4n) is 2.17. The Hall–Kier alpha value is -2.47. The molecular weight excluding hydrogens is 322 g/mol. The summed E-state index contributed by atoms with van der Waals surface area (Å²) in [6, 6.07) is 17.7. The zero-order valence-electron chi connectivity index (χ0n) is 13.5. The first-order valence-electron chi connectivity index (χ1n) is 7.72. The van der Waals surface area contributed by atoms with Crippen LogP contribution in [0.5, 0.6) is 11.5 Å². The van der Waals surface area contributed by atoms with Crippen molar-refractivity contribution in [2.75, 3.05) is 19.5 Å². The van der Waals surface area contributed by atoms with Crippen LogP contribution in [0.25, 0.3) is 5.69 Å². The molecule has 3 aromatic rings. The van der Waals surface area contributed by atoms with Gasteiger partial charge in [-0.15, -0.1) is 10.2 Å². The topological polar surface area (TPSA) is 49.2 Å². The van der Waals surface area contributed by atoms with E-state index in [0.29, 0.717) is 6.61 Å². The number of rotatable bonds is 8. The number of benzene rings is 2. The van der Waals surface area contributed by atoms with Crippen LogP contribution in [-0.2, 0) is 0 Å². The van der Waals surface area contributed by atoms with Gasteiger partial charge in [0.25, 0.3) is 0 Å². The van der Waals surface area contributed by atoms with Crippen molar-refractivity contribution in [2.24, 2.45) is 0 Å². The lowest BCUT2D eigenvalue weighted by Crippen LogP contribution is -2.00. The molecule has 0 aliphatic carbocycles.